The fraction of sp³-hybridized carbons (Fsp3) is 0.867. The summed E-state index contributed by atoms with van der Waals surface area (Å²) in [6.45, 7) is 22.2. The Morgan fingerprint density at radius 2 is 1.59 bits per heavy atom. The predicted molar refractivity (Wildman–Crippen MR) is 226 cm³/mol. The molecule has 3 rings (SSSR count). The molecule has 3 unspecified atom stereocenters. The number of ether oxygens (including phenoxy) is 7. The van der Waals surface area contributed by atoms with E-state index in [9.17, 15) is 29.7 Å². The van der Waals surface area contributed by atoms with E-state index in [0.717, 1.165) is 0 Å². The van der Waals surface area contributed by atoms with Crippen LogP contribution in [0.4, 0.5) is 0 Å². The number of carbonyl (C=O) groups excluding carboxylic acids is 3. The van der Waals surface area contributed by atoms with Crippen molar-refractivity contribution in [1.29, 1.82) is 0 Å². The molecule has 0 saturated carbocycles. The van der Waals surface area contributed by atoms with Crippen LogP contribution < -0.4 is 0 Å². The molecule has 16 heteroatoms. The van der Waals surface area contributed by atoms with E-state index in [4.69, 9.17) is 44.4 Å². The first kappa shape index (κ1) is 52.6. The van der Waals surface area contributed by atoms with Gasteiger partial charge in [0.25, 0.3) is 0 Å². The predicted octanol–water partition coefficient (Wildman–Crippen LogP) is 4.38. The van der Waals surface area contributed by atoms with Crippen molar-refractivity contribution in [3.05, 3.63) is 0 Å². The van der Waals surface area contributed by atoms with Crippen molar-refractivity contribution in [1.82, 2.24) is 4.90 Å². The second kappa shape index (κ2) is 21.8. The molecule has 16 nitrogen and oxygen atoms in total. The Hall–Kier alpha value is -2.72. The molecule has 3 aliphatic heterocycles. The molecule has 3 heterocycles. The second-order valence-corrected chi connectivity index (χ2v) is 18.6. The standard InChI is InChI=1S/C45H76N2O14/c1-17-19-20-47(15)33-21-25(4)55-42(26(33)5)60-39-28(7)37(59-35-23-44(13,54-16)40(30(9)56-35)57-31(10)48)29(8)41(51)58-34(18-2)45(14,53)38(50)27(6)36(46-61-32(11)49)24(3)22-43(39,12)52/h1,24-30,33-35,37-40,42,50,52-53H,18-23H2,2-16H3/b46-36+/t24-,25-,26-,27+,28+,29-,30+,33+,34-,35?,37+,38?,39-,40+,42?,43-,44-,45-/m1/s1. The first-order valence-corrected chi connectivity index (χ1v) is 21.8. The molecule has 0 radical (unpaired) electrons. The van der Waals surface area contributed by atoms with Gasteiger partial charge in [0, 0.05) is 70.1 Å². The van der Waals surface area contributed by atoms with Gasteiger partial charge in [0.05, 0.1) is 47.8 Å². The molecule has 0 spiro atoms. The van der Waals surface area contributed by atoms with E-state index in [-0.39, 0.29) is 43.0 Å². The summed E-state index contributed by atoms with van der Waals surface area (Å²) < 4.78 is 44.4. The first-order valence-electron chi connectivity index (χ1n) is 21.8. The quantitative estimate of drug-likeness (QED) is 0.114. The maximum Gasteiger partial charge on any atom is 0.331 e. The average molecular weight is 869 g/mol. The van der Waals surface area contributed by atoms with Crippen LogP contribution in [0, 0.1) is 41.9 Å². The normalized spacial score (nSPS) is 43.8. The van der Waals surface area contributed by atoms with Gasteiger partial charge < -0.3 is 58.2 Å². The molecule has 3 saturated heterocycles. The highest BCUT2D eigenvalue weighted by molar-refractivity contribution is 5.89. The molecule has 0 bridgehead atoms. The Kier molecular flexibility index (Phi) is 18.8. The van der Waals surface area contributed by atoms with Crippen LogP contribution in [0.25, 0.3) is 0 Å². The number of rotatable bonds is 11. The molecule has 350 valence electrons. The van der Waals surface area contributed by atoms with Crippen LogP contribution >= 0.6 is 0 Å². The van der Waals surface area contributed by atoms with Gasteiger partial charge in [-0.3, -0.25) is 9.59 Å². The molecule has 0 aromatic carbocycles. The third-order valence-electron chi connectivity index (χ3n) is 13.3. The molecule has 3 N–H and O–H groups in total. The number of esters is 2. The van der Waals surface area contributed by atoms with Crippen molar-refractivity contribution in [2.75, 3.05) is 20.7 Å². The number of terminal acetylenes is 1. The van der Waals surface area contributed by atoms with E-state index < -0.39 is 108 Å². The number of hydrogen-bond donors (Lipinski definition) is 3. The highest BCUT2D eigenvalue weighted by atomic mass is 16.7. The minimum Gasteiger partial charge on any atom is -0.459 e. The van der Waals surface area contributed by atoms with Crippen molar-refractivity contribution in [2.24, 2.45) is 34.7 Å². The highest BCUT2D eigenvalue weighted by Gasteiger charge is 2.54. The lowest BCUT2D eigenvalue weighted by Crippen LogP contribution is -2.61. The van der Waals surface area contributed by atoms with E-state index in [1.54, 1.807) is 48.5 Å². The van der Waals surface area contributed by atoms with Gasteiger partial charge in [-0.25, -0.2) is 4.79 Å². The Labute approximate surface area is 363 Å². The van der Waals surface area contributed by atoms with Gasteiger partial charge in [0.2, 0.25) is 0 Å². The van der Waals surface area contributed by atoms with Gasteiger partial charge in [-0.1, -0.05) is 39.8 Å². The minimum absolute atomic E-state index is 0.0123. The molecule has 3 aliphatic rings. The molecule has 0 amide bonds. The van der Waals surface area contributed by atoms with Crippen LogP contribution in [0.2, 0.25) is 0 Å². The van der Waals surface area contributed by atoms with Gasteiger partial charge in [-0.05, 0) is 67.9 Å². The van der Waals surface area contributed by atoms with Crippen molar-refractivity contribution in [3.8, 4) is 12.3 Å². The lowest BCUT2D eigenvalue weighted by atomic mass is 9.73. The van der Waals surface area contributed by atoms with Gasteiger partial charge in [-0.2, -0.15) is 0 Å². The fourth-order valence-electron chi connectivity index (χ4n) is 9.73. The zero-order valence-electron chi connectivity index (χ0n) is 39.2. The molecular formula is C45H76N2O14. The number of hydrogen-bond acceptors (Lipinski definition) is 16. The molecule has 18 atom stereocenters. The highest BCUT2D eigenvalue weighted by Crippen LogP contribution is 2.42. The molecule has 0 aliphatic carbocycles. The Balaban J connectivity index is 2.27. The largest absolute Gasteiger partial charge is 0.459 e. The number of nitrogens with zero attached hydrogens (tertiary/aromatic N) is 2. The average Bonchev–Trinajstić information content (AvgIpc) is 3.17. The van der Waals surface area contributed by atoms with Crippen LogP contribution in [-0.2, 0) is 52.4 Å². The number of methoxy groups -OCH3 is 1. The van der Waals surface area contributed by atoms with Crippen molar-refractivity contribution in [3.63, 3.8) is 0 Å². The zero-order chi connectivity index (χ0) is 46.4. The molecule has 0 aromatic rings. The number of cyclic esters (lactones) is 1. The maximum atomic E-state index is 14.5. The van der Waals surface area contributed by atoms with E-state index in [0.29, 0.717) is 19.4 Å². The van der Waals surface area contributed by atoms with Crippen LogP contribution in [-0.4, -0.2) is 143 Å². The summed E-state index contributed by atoms with van der Waals surface area (Å²) in [7, 11) is 3.52. The Morgan fingerprint density at radius 1 is 0.951 bits per heavy atom. The summed E-state index contributed by atoms with van der Waals surface area (Å²) >= 11 is 0. The Bertz CT molecular complexity index is 1550. The van der Waals surface area contributed by atoms with Gasteiger partial charge in [-0.15, -0.1) is 12.3 Å². The van der Waals surface area contributed by atoms with Crippen molar-refractivity contribution < 1.29 is 67.7 Å². The summed E-state index contributed by atoms with van der Waals surface area (Å²) in [5.74, 6) is -2.95. The van der Waals surface area contributed by atoms with E-state index in [2.05, 4.69) is 16.0 Å². The molecule has 61 heavy (non-hydrogen) atoms. The monoisotopic (exact) mass is 869 g/mol. The fourth-order valence-corrected chi connectivity index (χ4v) is 9.73. The van der Waals surface area contributed by atoms with E-state index in [1.807, 2.05) is 27.8 Å². The summed E-state index contributed by atoms with van der Waals surface area (Å²) in [6.07, 6.45) is -1.45. The van der Waals surface area contributed by atoms with Crippen LogP contribution in [0.3, 0.4) is 0 Å². The topological polar surface area (TPSA) is 201 Å². The van der Waals surface area contributed by atoms with Gasteiger partial charge in [0.15, 0.2) is 18.7 Å². The summed E-state index contributed by atoms with van der Waals surface area (Å²) in [4.78, 5) is 46.0. The number of carbonyl (C=O) groups is 3. The summed E-state index contributed by atoms with van der Waals surface area (Å²) in [5, 5.41) is 40.8. The minimum atomic E-state index is -2.01. The van der Waals surface area contributed by atoms with Crippen molar-refractivity contribution >= 4 is 23.6 Å². The molecule has 3 fully saturated rings. The van der Waals surface area contributed by atoms with Crippen LogP contribution in [0.5, 0.6) is 0 Å². The van der Waals surface area contributed by atoms with Crippen LogP contribution in [0.1, 0.15) is 122 Å². The number of aliphatic hydroxyl groups excluding tert-OH is 1. The summed E-state index contributed by atoms with van der Waals surface area (Å²) in [5.41, 5.74) is -4.63. The molecule has 0 aromatic heterocycles. The number of oxime groups is 1. The van der Waals surface area contributed by atoms with Crippen molar-refractivity contribution in [2.45, 2.75) is 200 Å². The van der Waals surface area contributed by atoms with Gasteiger partial charge >= 0.3 is 17.9 Å². The Morgan fingerprint density at radius 3 is 2.15 bits per heavy atom. The van der Waals surface area contributed by atoms with E-state index >= 15 is 0 Å². The molecular weight excluding hydrogens is 792 g/mol. The lowest BCUT2D eigenvalue weighted by Gasteiger charge is -2.50. The zero-order valence-corrected chi connectivity index (χ0v) is 39.2. The smallest absolute Gasteiger partial charge is 0.331 e. The van der Waals surface area contributed by atoms with Gasteiger partial charge in [0.1, 0.15) is 17.3 Å². The SMILES string of the molecule is C#CCCN(C)[C@H]1C[C@@H](C)OC(O[C@@H]2[C@@H](C)[C@H](OC3C[C@@](C)(OC)[C@@H](OC(C)=O)[C@H](C)O3)[C@@H](C)C(=O)O[C@H](CC)[C@@](C)(O)C(O)[C@@H](C)/C(=N/OC(C)=O)[C@H](C)C[C@@]2(C)O)[C@@H]1C. The third-order valence-corrected chi connectivity index (χ3v) is 13.3. The maximum absolute atomic E-state index is 14.5. The third kappa shape index (κ3) is 12.7. The van der Waals surface area contributed by atoms with Crippen LogP contribution in [0.15, 0.2) is 5.16 Å². The summed E-state index contributed by atoms with van der Waals surface area (Å²) in [6, 6.07) is 0.0123. The second-order valence-electron chi connectivity index (χ2n) is 18.6. The lowest BCUT2D eigenvalue weighted by molar-refractivity contribution is -0.314. The number of aliphatic hydroxyl groups is 3. The first-order chi connectivity index (χ1) is 28.3. The van der Waals surface area contributed by atoms with E-state index in [1.165, 1.54) is 27.9 Å².